The summed E-state index contributed by atoms with van der Waals surface area (Å²) in [6.07, 6.45) is 4.08. The van der Waals surface area contributed by atoms with Crippen LogP contribution in [-0.2, 0) is 25.8 Å². The van der Waals surface area contributed by atoms with Crippen molar-refractivity contribution in [3.05, 3.63) is 35.9 Å². The Labute approximate surface area is 147 Å². The van der Waals surface area contributed by atoms with Gasteiger partial charge in [0.25, 0.3) is 0 Å². The van der Waals surface area contributed by atoms with Gasteiger partial charge in [-0.1, -0.05) is 30.3 Å². The molecule has 3 fully saturated rings. The van der Waals surface area contributed by atoms with Gasteiger partial charge in [0, 0.05) is 0 Å². The van der Waals surface area contributed by atoms with Gasteiger partial charge in [0.15, 0.2) is 15.2 Å². The number of hydrogen-bond donors (Lipinski definition) is 2. The van der Waals surface area contributed by atoms with Crippen LogP contribution in [0.25, 0.3) is 0 Å². The third kappa shape index (κ3) is 2.65. The lowest BCUT2D eigenvalue weighted by molar-refractivity contribution is -0.134. The average molecular weight is 362 g/mol. The zero-order valence-corrected chi connectivity index (χ0v) is 14.7. The number of rotatable bonds is 5. The maximum absolute atomic E-state index is 13.1. The fourth-order valence-electron chi connectivity index (χ4n) is 4.57. The second-order valence-corrected chi connectivity index (χ2v) is 9.98. The van der Waals surface area contributed by atoms with Gasteiger partial charge in [0.2, 0.25) is 11.8 Å². The number of nitrogens with one attached hydrogen (secondary N) is 2. The molecule has 1 aromatic rings. The van der Waals surface area contributed by atoms with Crippen LogP contribution in [0, 0.1) is 5.92 Å². The minimum Gasteiger partial charge on any atom is -0.341 e. The number of fused-ring (bicyclic) bond motifs is 2. The minimum atomic E-state index is -3.52. The zero-order valence-electron chi connectivity index (χ0n) is 13.9. The van der Waals surface area contributed by atoms with E-state index in [0.29, 0.717) is 25.2 Å². The topological polar surface area (TPSA) is 92.3 Å². The molecule has 2 saturated carbocycles. The van der Waals surface area contributed by atoms with Crippen LogP contribution in [0.2, 0.25) is 0 Å². The average Bonchev–Trinajstić information content (AvgIpc) is 3.21. The molecule has 2 N–H and O–H groups in total. The van der Waals surface area contributed by atoms with Gasteiger partial charge in [0.05, 0.1) is 11.2 Å². The van der Waals surface area contributed by atoms with Crippen molar-refractivity contribution in [1.29, 1.82) is 0 Å². The van der Waals surface area contributed by atoms with E-state index in [4.69, 9.17) is 0 Å². The smallest absolute Gasteiger partial charge is 0.246 e. The van der Waals surface area contributed by atoms with Crippen LogP contribution in [0.15, 0.2) is 30.3 Å². The van der Waals surface area contributed by atoms with Gasteiger partial charge in [-0.3, -0.25) is 9.59 Å². The fourth-order valence-corrected chi connectivity index (χ4v) is 7.20. The maximum Gasteiger partial charge on any atom is 0.246 e. The van der Waals surface area contributed by atoms with E-state index < -0.39 is 31.9 Å². The molecule has 2 aliphatic carbocycles. The Morgan fingerprint density at radius 1 is 1.20 bits per heavy atom. The number of carbonyl (C=O) groups excluding carboxylic acids is 2. The second kappa shape index (κ2) is 5.83. The summed E-state index contributed by atoms with van der Waals surface area (Å²) < 4.78 is 25.6. The van der Waals surface area contributed by atoms with Crippen molar-refractivity contribution in [3.63, 3.8) is 0 Å². The quantitative estimate of drug-likeness (QED) is 0.762. The van der Waals surface area contributed by atoms with Crippen molar-refractivity contribution in [3.8, 4) is 0 Å². The highest BCUT2D eigenvalue weighted by Crippen LogP contribution is 2.53. The summed E-state index contributed by atoms with van der Waals surface area (Å²) in [6, 6.07) is 8.20. The zero-order chi connectivity index (χ0) is 17.7. The Kier molecular flexibility index (Phi) is 3.86. The van der Waals surface area contributed by atoms with Gasteiger partial charge in [-0.05, 0) is 43.6 Å². The molecule has 2 bridgehead atoms. The van der Waals surface area contributed by atoms with Crippen LogP contribution in [0.3, 0.4) is 0 Å². The van der Waals surface area contributed by atoms with Gasteiger partial charge in [0.1, 0.15) is 6.04 Å². The van der Waals surface area contributed by atoms with Gasteiger partial charge < -0.3 is 10.6 Å². The van der Waals surface area contributed by atoms with Crippen molar-refractivity contribution in [2.24, 2.45) is 5.92 Å². The number of benzene rings is 1. The van der Waals surface area contributed by atoms with Gasteiger partial charge in [-0.2, -0.15) is 0 Å². The van der Waals surface area contributed by atoms with E-state index in [0.717, 1.165) is 18.4 Å². The van der Waals surface area contributed by atoms with E-state index in [1.807, 2.05) is 30.3 Å². The summed E-state index contributed by atoms with van der Waals surface area (Å²) >= 11 is 0. The highest BCUT2D eigenvalue weighted by molar-refractivity contribution is 7.93. The molecule has 3 aliphatic rings. The summed E-state index contributed by atoms with van der Waals surface area (Å²) in [5.41, 5.74) is 0.826. The monoisotopic (exact) mass is 362 g/mol. The Hall–Kier alpha value is -1.89. The van der Waals surface area contributed by atoms with E-state index in [9.17, 15) is 18.0 Å². The molecule has 4 rings (SSSR count). The van der Waals surface area contributed by atoms with Crippen LogP contribution in [-0.4, -0.2) is 36.4 Å². The largest absolute Gasteiger partial charge is 0.341 e. The lowest BCUT2D eigenvalue weighted by atomic mass is 10.0. The molecule has 1 aromatic carbocycles. The summed E-state index contributed by atoms with van der Waals surface area (Å²) in [5.74, 6) is -0.255. The molecule has 1 aliphatic heterocycles. The lowest BCUT2D eigenvalue weighted by Crippen LogP contribution is -2.73. The van der Waals surface area contributed by atoms with Gasteiger partial charge >= 0.3 is 0 Å². The van der Waals surface area contributed by atoms with Crippen molar-refractivity contribution in [1.82, 2.24) is 10.6 Å². The van der Waals surface area contributed by atoms with Crippen molar-refractivity contribution in [2.75, 3.05) is 0 Å². The molecule has 0 aromatic heterocycles. The molecule has 2 atom stereocenters. The van der Waals surface area contributed by atoms with Crippen molar-refractivity contribution >= 4 is 21.7 Å². The number of β-lactam (4-membered cyclic amide) rings is 1. The third-order valence-electron chi connectivity index (χ3n) is 6.01. The maximum atomic E-state index is 13.1. The standard InChI is InChI=1S/C18H22N2O4S/c21-14(10-12-4-2-1-3-5-12)19-15-16(22)20-17(15)25(23,24)18-8-6-13(11-18)7-9-18/h1-5,13,15,17H,6-11H2,(H,19,21)(H,20,22)/t13?,15-,17?,18?/m1/s1. The Balaban J connectivity index is 1.46. The lowest BCUT2D eigenvalue weighted by Gasteiger charge is -2.41. The number of amides is 2. The molecule has 134 valence electrons. The number of sulfone groups is 1. The molecular formula is C18H22N2O4S. The fraction of sp³-hybridized carbons (Fsp3) is 0.556. The molecule has 6 nitrogen and oxygen atoms in total. The first kappa shape index (κ1) is 16.6. The van der Waals surface area contributed by atoms with E-state index in [1.54, 1.807) is 0 Å². The van der Waals surface area contributed by atoms with Crippen LogP contribution >= 0.6 is 0 Å². The highest BCUT2D eigenvalue weighted by atomic mass is 32.2. The molecule has 2 amide bonds. The Morgan fingerprint density at radius 3 is 2.44 bits per heavy atom. The Morgan fingerprint density at radius 2 is 1.88 bits per heavy atom. The molecular weight excluding hydrogens is 340 g/mol. The summed E-state index contributed by atoms with van der Waals surface area (Å²) in [7, 11) is -3.52. The molecule has 1 saturated heterocycles. The molecule has 1 unspecified atom stereocenters. The van der Waals surface area contributed by atoms with Crippen molar-refractivity contribution < 1.29 is 18.0 Å². The normalized spacial score (nSPS) is 33.6. The summed E-state index contributed by atoms with van der Waals surface area (Å²) in [6.45, 7) is 0. The first-order valence-electron chi connectivity index (χ1n) is 8.78. The molecule has 0 radical (unpaired) electrons. The van der Waals surface area contributed by atoms with E-state index in [-0.39, 0.29) is 12.3 Å². The first-order valence-corrected chi connectivity index (χ1v) is 10.3. The molecule has 1 heterocycles. The van der Waals surface area contributed by atoms with Gasteiger partial charge in [-0.15, -0.1) is 0 Å². The summed E-state index contributed by atoms with van der Waals surface area (Å²) in [4.78, 5) is 24.1. The van der Waals surface area contributed by atoms with Crippen LogP contribution in [0.5, 0.6) is 0 Å². The first-order chi connectivity index (χ1) is 11.9. The SMILES string of the molecule is O=C(Cc1ccccc1)N[C@@H]1C(=O)NC1S(=O)(=O)C12CCC(CC1)C2. The molecule has 7 heteroatoms. The van der Waals surface area contributed by atoms with Crippen LogP contribution in [0.1, 0.15) is 37.7 Å². The van der Waals surface area contributed by atoms with E-state index in [1.165, 1.54) is 0 Å². The van der Waals surface area contributed by atoms with E-state index in [2.05, 4.69) is 10.6 Å². The third-order valence-corrected chi connectivity index (χ3v) is 8.85. The molecule has 25 heavy (non-hydrogen) atoms. The number of hydrogen-bond acceptors (Lipinski definition) is 4. The Bertz CT molecular complexity index is 798. The van der Waals surface area contributed by atoms with E-state index >= 15 is 0 Å². The summed E-state index contributed by atoms with van der Waals surface area (Å²) in [5, 5.41) is 4.15. The predicted octanol–water partition coefficient (Wildman–Crippen LogP) is 0.917. The molecule has 0 spiro atoms. The second-order valence-electron chi connectivity index (χ2n) is 7.51. The highest BCUT2D eigenvalue weighted by Gasteiger charge is 2.61. The van der Waals surface area contributed by atoms with Gasteiger partial charge in [-0.25, -0.2) is 8.42 Å². The van der Waals surface area contributed by atoms with Crippen molar-refractivity contribution in [2.45, 2.75) is 54.7 Å². The number of carbonyl (C=O) groups is 2. The predicted molar refractivity (Wildman–Crippen MR) is 92.2 cm³/mol. The van der Waals surface area contributed by atoms with Crippen LogP contribution in [0.4, 0.5) is 0 Å². The van der Waals surface area contributed by atoms with Crippen LogP contribution < -0.4 is 10.6 Å². The minimum absolute atomic E-state index is 0.130.